The fourth-order valence-electron chi connectivity index (χ4n) is 4.40. The Hall–Kier alpha value is -2.39. The molecule has 1 heterocycles. The maximum Gasteiger partial charge on any atom is 0.252 e. The Morgan fingerprint density at radius 1 is 1.26 bits per heavy atom. The summed E-state index contributed by atoms with van der Waals surface area (Å²) >= 11 is 2.43. The van der Waals surface area contributed by atoms with Gasteiger partial charge in [-0.05, 0) is 92.2 Å². The normalized spacial score (nSPS) is 16.1. The molecule has 2 aromatic carbocycles. The van der Waals surface area contributed by atoms with Gasteiger partial charge in [0.1, 0.15) is 5.75 Å². The molecule has 3 N–H and O–H groups in total. The summed E-state index contributed by atoms with van der Waals surface area (Å²) < 4.78 is 6.56. The largest absolute Gasteiger partial charge is 0.497 e. The second kappa shape index (κ2) is 12.4. The molecule has 1 atom stereocenters. The zero-order valence-electron chi connectivity index (χ0n) is 20.5. The third-order valence-corrected chi connectivity index (χ3v) is 7.50. The van der Waals surface area contributed by atoms with E-state index in [9.17, 15) is 4.79 Å². The van der Waals surface area contributed by atoms with E-state index in [1.807, 2.05) is 32.0 Å². The number of ether oxygens (including phenoxy) is 1. The predicted octanol–water partition coefficient (Wildman–Crippen LogP) is 5.28. The lowest BCUT2D eigenvalue weighted by molar-refractivity contribution is 0.0939. The van der Waals surface area contributed by atoms with Gasteiger partial charge in [0, 0.05) is 30.6 Å². The molecule has 1 amide bonds. The van der Waals surface area contributed by atoms with E-state index in [0.717, 1.165) is 58.3 Å². The van der Waals surface area contributed by atoms with Crippen LogP contribution >= 0.6 is 22.6 Å². The van der Waals surface area contributed by atoms with Crippen molar-refractivity contribution in [2.75, 3.05) is 31.8 Å². The molecule has 0 aliphatic carbocycles. The van der Waals surface area contributed by atoms with Gasteiger partial charge >= 0.3 is 0 Å². The number of carbonyl (C=O) groups excluding carboxylic acids is 1. The van der Waals surface area contributed by atoms with Crippen LogP contribution in [-0.4, -0.2) is 48.8 Å². The summed E-state index contributed by atoms with van der Waals surface area (Å²) in [6.45, 7) is 6.18. The van der Waals surface area contributed by atoms with Crippen LogP contribution in [0.4, 0.5) is 0 Å². The number of carbonyl (C=O) groups is 1. The number of nitrogens with zero attached hydrogens (tertiary/aromatic N) is 1. The van der Waals surface area contributed by atoms with Gasteiger partial charge in [-0.2, -0.15) is 0 Å². The SMILES string of the molecule is CN/C=C(\C=N)c1cc(OC)cc([C@@H](C)NC(=O)c2cc(C3CCN(CI)CC3)ccc2C)c1. The molecule has 0 unspecified atom stereocenters. The third kappa shape index (κ3) is 6.39. The van der Waals surface area contributed by atoms with Crippen LogP contribution in [0, 0.1) is 12.3 Å². The number of amides is 1. The smallest absolute Gasteiger partial charge is 0.252 e. The van der Waals surface area contributed by atoms with Gasteiger partial charge in [-0.25, -0.2) is 0 Å². The number of halogens is 1. The summed E-state index contributed by atoms with van der Waals surface area (Å²) in [7, 11) is 3.42. The van der Waals surface area contributed by atoms with Crippen LogP contribution in [0.2, 0.25) is 0 Å². The first-order valence-corrected chi connectivity index (χ1v) is 13.2. The number of methoxy groups -OCH3 is 1. The van der Waals surface area contributed by atoms with Crippen molar-refractivity contribution in [3.05, 3.63) is 70.4 Å². The number of hydrogen-bond donors (Lipinski definition) is 3. The fourth-order valence-corrected chi connectivity index (χ4v) is 5.08. The van der Waals surface area contributed by atoms with Crippen molar-refractivity contribution in [2.45, 2.75) is 38.6 Å². The molecule has 1 saturated heterocycles. The highest BCUT2D eigenvalue weighted by atomic mass is 127. The lowest BCUT2D eigenvalue weighted by atomic mass is 9.87. The summed E-state index contributed by atoms with van der Waals surface area (Å²) in [5.74, 6) is 1.12. The van der Waals surface area contributed by atoms with Gasteiger partial charge in [-0.15, -0.1) is 0 Å². The van der Waals surface area contributed by atoms with E-state index in [1.54, 1.807) is 20.4 Å². The Balaban J connectivity index is 1.80. The van der Waals surface area contributed by atoms with Gasteiger partial charge < -0.3 is 20.8 Å². The second-order valence-electron chi connectivity index (χ2n) is 8.81. The highest BCUT2D eigenvalue weighted by Gasteiger charge is 2.22. The molecule has 2 aromatic rings. The van der Waals surface area contributed by atoms with E-state index >= 15 is 0 Å². The minimum Gasteiger partial charge on any atom is -0.497 e. The van der Waals surface area contributed by atoms with Crippen LogP contribution in [0.5, 0.6) is 5.75 Å². The summed E-state index contributed by atoms with van der Waals surface area (Å²) in [5.41, 5.74) is 5.49. The van der Waals surface area contributed by atoms with Crippen LogP contribution in [0.1, 0.15) is 64.3 Å². The summed E-state index contributed by atoms with van der Waals surface area (Å²) in [5, 5.41) is 13.9. The molecule has 1 aliphatic heterocycles. The van der Waals surface area contributed by atoms with Gasteiger partial charge in [-0.1, -0.05) is 34.7 Å². The van der Waals surface area contributed by atoms with E-state index < -0.39 is 0 Å². The quantitative estimate of drug-likeness (QED) is 0.165. The molecule has 1 aliphatic rings. The van der Waals surface area contributed by atoms with Crippen molar-refractivity contribution in [3.8, 4) is 5.75 Å². The standard InChI is InChI=1S/C27H35IN4O2/c1-18-5-6-21(20-7-9-32(17-28)10-8-20)14-26(18)27(33)31-19(2)22-11-23(13-25(12-22)34-4)24(15-29)16-30-3/h5-6,11-16,19-20,29-30H,7-10,17H2,1-4H3,(H,31,33)/b24-16+,29-15?/t19-/m1/s1. The van der Waals surface area contributed by atoms with Crippen molar-refractivity contribution in [1.82, 2.24) is 15.5 Å². The highest BCUT2D eigenvalue weighted by Crippen LogP contribution is 2.30. The molecule has 1 fully saturated rings. The number of aryl methyl sites for hydroxylation is 1. The van der Waals surface area contributed by atoms with Crippen molar-refractivity contribution in [2.24, 2.45) is 0 Å². The molecule has 182 valence electrons. The van der Waals surface area contributed by atoms with E-state index in [0.29, 0.717) is 11.7 Å². The van der Waals surface area contributed by atoms with Crippen LogP contribution in [-0.2, 0) is 0 Å². The summed E-state index contributed by atoms with van der Waals surface area (Å²) in [6.07, 6.45) is 5.34. The highest BCUT2D eigenvalue weighted by molar-refractivity contribution is 14.1. The van der Waals surface area contributed by atoms with E-state index in [-0.39, 0.29) is 11.9 Å². The lowest BCUT2D eigenvalue weighted by Gasteiger charge is -2.31. The zero-order chi connectivity index (χ0) is 24.7. The van der Waals surface area contributed by atoms with Gasteiger partial charge in [0.05, 0.1) is 17.7 Å². The fraction of sp³-hybridized carbons (Fsp3) is 0.407. The average Bonchev–Trinajstić information content (AvgIpc) is 2.87. The van der Waals surface area contributed by atoms with Crippen molar-refractivity contribution in [3.63, 3.8) is 0 Å². The van der Waals surface area contributed by atoms with Crippen molar-refractivity contribution >= 4 is 40.3 Å². The Morgan fingerprint density at radius 2 is 2.00 bits per heavy atom. The van der Waals surface area contributed by atoms with Crippen molar-refractivity contribution in [1.29, 1.82) is 5.41 Å². The monoisotopic (exact) mass is 574 g/mol. The first-order chi connectivity index (χ1) is 16.4. The average molecular weight is 575 g/mol. The zero-order valence-corrected chi connectivity index (χ0v) is 22.6. The lowest BCUT2D eigenvalue weighted by Crippen LogP contribution is -2.32. The third-order valence-electron chi connectivity index (χ3n) is 6.54. The molecule has 0 bridgehead atoms. The number of rotatable bonds is 9. The minimum atomic E-state index is -0.224. The number of allylic oxidation sites excluding steroid dienone is 1. The summed E-state index contributed by atoms with van der Waals surface area (Å²) in [6, 6.07) is 11.9. The Morgan fingerprint density at radius 3 is 2.62 bits per heavy atom. The summed E-state index contributed by atoms with van der Waals surface area (Å²) in [4.78, 5) is 15.8. The van der Waals surface area contributed by atoms with Gasteiger partial charge in [0.15, 0.2) is 0 Å². The minimum absolute atomic E-state index is 0.0704. The van der Waals surface area contributed by atoms with Crippen molar-refractivity contribution < 1.29 is 9.53 Å². The van der Waals surface area contributed by atoms with Crippen LogP contribution in [0.3, 0.4) is 0 Å². The number of hydrogen-bond acceptors (Lipinski definition) is 5. The maximum atomic E-state index is 13.3. The Kier molecular flexibility index (Phi) is 9.53. The molecular formula is C27H35IN4O2. The Labute approximate surface area is 216 Å². The first kappa shape index (κ1) is 26.2. The molecule has 0 saturated carbocycles. The molecule has 7 heteroatoms. The maximum absolute atomic E-state index is 13.3. The van der Waals surface area contributed by atoms with E-state index in [1.165, 1.54) is 11.8 Å². The molecule has 0 radical (unpaired) electrons. The van der Waals surface area contributed by atoms with Crippen LogP contribution in [0.15, 0.2) is 42.6 Å². The molecule has 6 nitrogen and oxygen atoms in total. The molecular weight excluding hydrogens is 539 g/mol. The molecule has 34 heavy (non-hydrogen) atoms. The topological polar surface area (TPSA) is 77.5 Å². The van der Waals surface area contributed by atoms with Gasteiger partial charge in [-0.3, -0.25) is 9.69 Å². The van der Waals surface area contributed by atoms with Gasteiger partial charge in [0.2, 0.25) is 0 Å². The predicted molar refractivity (Wildman–Crippen MR) is 148 cm³/mol. The van der Waals surface area contributed by atoms with Crippen LogP contribution < -0.4 is 15.4 Å². The number of likely N-dealkylation sites (tertiary alicyclic amines) is 1. The number of piperidine rings is 1. The Bertz CT molecular complexity index is 1040. The number of alkyl halides is 1. The number of benzene rings is 2. The molecule has 3 rings (SSSR count). The van der Waals surface area contributed by atoms with Crippen LogP contribution in [0.25, 0.3) is 5.57 Å². The van der Waals surface area contributed by atoms with Gasteiger partial charge in [0.25, 0.3) is 5.91 Å². The first-order valence-electron chi connectivity index (χ1n) is 11.7. The van der Waals surface area contributed by atoms with E-state index in [2.05, 4.69) is 56.3 Å². The molecule has 0 spiro atoms. The number of nitrogens with one attached hydrogen (secondary N) is 3. The molecule has 0 aromatic heterocycles. The van der Waals surface area contributed by atoms with E-state index in [4.69, 9.17) is 10.1 Å². The second-order valence-corrected chi connectivity index (χ2v) is 9.49.